The van der Waals surface area contributed by atoms with E-state index in [-0.39, 0.29) is 24.7 Å². The quantitative estimate of drug-likeness (QED) is 0.667. The Labute approximate surface area is 82.0 Å². The van der Waals surface area contributed by atoms with E-state index < -0.39 is 12.0 Å². The maximum absolute atomic E-state index is 11.6. The highest BCUT2D eigenvalue weighted by molar-refractivity contribution is 5.95. The number of carbonyl (C=O) groups is 3. The van der Waals surface area contributed by atoms with Gasteiger partial charge >= 0.3 is 6.09 Å². The number of amides is 2. The minimum absolute atomic E-state index is 0.0570. The van der Waals surface area contributed by atoms with E-state index >= 15 is 0 Å². The summed E-state index contributed by atoms with van der Waals surface area (Å²) >= 11 is 0. The molecule has 2 amide bonds. The maximum atomic E-state index is 11.6. The molecule has 0 aromatic heterocycles. The fourth-order valence-electron chi connectivity index (χ4n) is 1.38. The molecular formula is C9H13NO4. The Morgan fingerprint density at radius 1 is 1.57 bits per heavy atom. The Morgan fingerprint density at radius 3 is 2.64 bits per heavy atom. The first kappa shape index (κ1) is 10.7. The van der Waals surface area contributed by atoms with E-state index in [0.29, 0.717) is 6.54 Å². The summed E-state index contributed by atoms with van der Waals surface area (Å²) in [7, 11) is 0. The number of ketones is 1. The van der Waals surface area contributed by atoms with Gasteiger partial charge in [0.2, 0.25) is 5.91 Å². The third-order valence-corrected chi connectivity index (χ3v) is 2.04. The molecule has 1 aliphatic rings. The Morgan fingerprint density at radius 2 is 2.21 bits per heavy atom. The van der Waals surface area contributed by atoms with Crippen molar-refractivity contribution in [3.63, 3.8) is 0 Å². The van der Waals surface area contributed by atoms with Crippen LogP contribution in [0.25, 0.3) is 0 Å². The Kier molecular flexibility index (Phi) is 3.22. The molecule has 1 heterocycles. The standard InChI is InChI=1S/C9H13NO4/c1-6(5-7(2)11)8(12)10-3-4-14-9(10)13/h6H,3-5H2,1-2H3. The highest BCUT2D eigenvalue weighted by atomic mass is 16.6. The van der Waals surface area contributed by atoms with Crippen molar-refractivity contribution in [3.05, 3.63) is 0 Å². The molecule has 0 aromatic carbocycles. The normalized spacial score (nSPS) is 17.9. The molecule has 0 bridgehead atoms. The van der Waals surface area contributed by atoms with E-state index in [2.05, 4.69) is 4.74 Å². The number of nitrogens with zero attached hydrogens (tertiary/aromatic N) is 1. The largest absolute Gasteiger partial charge is 0.447 e. The van der Waals surface area contributed by atoms with Gasteiger partial charge in [-0.3, -0.25) is 4.79 Å². The molecule has 0 radical (unpaired) electrons. The highest BCUT2D eigenvalue weighted by Crippen LogP contribution is 2.12. The van der Waals surface area contributed by atoms with Crippen LogP contribution >= 0.6 is 0 Å². The average molecular weight is 199 g/mol. The molecular weight excluding hydrogens is 186 g/mol. The molecule has 1 atom stereocenters. The van der Waals surface area contributed by atoms with Gasteiger partial charge in [0.05, 0.1) is 6.54 Å². The first-order chi connectivity index (χ1) is 6.52. The Balaban J connectivity index is 2.55. The third-order valence-electron chi connectivity index (χ3n) is 2.04. The molecule has 1 unspecified atom stereocenters. The number of carbonyl (C=O) groups excluding carboxylic acids is 3. The van der Waals surface area contributed by atoms with Gasteiger partial charge in [-0.25, -0.2) is 9.69 Å². The molecule has 1 rings (SSSR count). The number of hydrogen-bond donors (Lipinski definition) is 0. The first-order valence-electron chi connectivity index (χ1n) is 4.50. The summed E-state index contributed by atoms with van der Waals surface area (Å²) in [5, 5.41) is 0. The number of ether oxygens (including phenoxy) is 1. The molecule has 78 valence electrons. The third kappa shape index (κ3) is 2.31. The number of rotatable bonds is 3. The molecule has 1 aliphatic heterocycles. The summed E-state index contributed by atoms with van der Waals surface area (Å²) < 4.78 is 4.62. The molecule has 5 nitrogen and oxygen atoms in total. The van der Waals surface area contributed by atoms with Crippen LogP contribution in [-0.4, -0.2) is 35.8 Å². The molecule has 0 aromatic rings. The molecule has 0 saturated carbocycles. The van der Waals surface area contributed by atoms with Crippen LogP contribution in [0.4, 0.5) is 4.79 Å². The Bertz CT molecular complexity index is 274. The van der Waals surface area contributed by atoms with Crippen molar-refractivity contribution < 1.29 is 19.1 Å². The minimum atomic E-state index is -0.606. The number of Topliss-reactive ketones (excluding diaryl/α,β-unsaturated/α-hetero) is 1. The lowest BCUT2D eigenvalue weighted by atomic mass is 10.0. The van der Waals surface area contributed by atoms with Crippen LogP contribution in [0.5, 0.6) is 0 Å². The predicted octanol–water partition coefficient (Wildman–Crippen LogP) is 0.580. The molecule has 0 N–H and O–H groups in total. The van der Waals surface area contributed by atoms with E-state index in [1.54, 1.807) is 6.92 Å². The van der Waals surface area contributed by atoms with Gasteiger partial charge in [0.25, 0.3) is 0 Å². The van der Waals surface area contributed by atoms with E-state index in [4.69, 9.17) is 0 Å². The topological polar surface area (TPSA) is 63.7 Å². The van der Waals surface area contributed by atoms with Crippen molar-refractivity contribution in [3.8, 4) is 0 Å². The fraction of sp³-hybridized carbons (Fsp3) is 0.667. The highest BCUT2D eigenvalue weighted by Gasteiger charge is 2.31. The monoisotopic (exact) mass is 199 g/mol. The van der Waals surface area contributed by atoms with Crippen LogP contribution in [-0.2, 0) is 14.3 Å². The van der Waals surface area contributed by atoms with Gasteiger partial charge in [0, 0.05) is 12.3 Å². The number of cyclic esters (lactones) is 1. The molecule has 14 heavy (non-hydrogen) atoms. The summed E-state index contributed by atoms with van der Waals surface area (Å²) in [6.07, 6.45) is -0.437. The van der Waals surface area contributed by atoms with Gasteiger partial charge < -0.3 is 9.53 Å². The van der Waals surface area contributed by atoms with Crippen LogP contribution in [0.2, 0.25) is 0 Å². The lowest BCUT2D eigenvalue weighted by molar-refractivity contribution is -0.134. The van der Waals surface area contributed by atoms with Gasteiger partial charge in [-0.2, -0.15) is 0 Å². The lowest BCUT2D eigenvalue weighted by Crippen LogP contribution is -2.36. The van der Waals surface area contributed by atoms with Gasteiger partial charge in [-0.15, -0.1) is 0 Å². The van der Waals surface area contributed by atoms with Crippen molar-refractivity contribution in [1.82, 2.24) is 4.90 Å². The zero-order valence-electron chi connectivity index (χ0n) is 8.28. The van der Waals surface area contributed by atoms with Gasteiger partial charge in [0.15, 0.2) is 0 Å². The Hall–Kier alpha value is -1.39. The fourth-order valence-corrected chi connectivity index (χ4v) is 1.38. The second-order valence-corrected chi connectivity index (χ2v) is 3.41. The first-order valence-corrected chi connectivity index (χ1v) is 4.50. The van der Waals surface area contributed by atoms with Crippen LogP contribution in [0, 0.1) is 5.92 Å². The zero-order valence-corrected chi connectivity index (χ0v) is 8.28. The van der Waals surface area contributed by atoms with Crippen LogP contribution < -0.4 is 0 Å². The second-order valence-electron chi connectivity index (χ2n) is 3.41. The average Bonchev–Trinajstić information content (AvgIpc) is 2.48. The summed E-state index contributed by atoms with van der Waals surface area (Å²) in [5.41, 5.74) is 0. The summed E-state index contributed by atoms with van der Waals surface area (Å²) in [6.45, 7) is 3.60. The molecule has 1 saturated heterocycles. The van der Waals surface area contributed by atoms with Gasteiger partial charge in [0.1, 0.15) is 12.4 Å². The van der Waals surface area contributed by atoms with Crippen molar-refractivity contribution in [2.75, 3.05) is 13.2 Å². The van der Waals surface area contributed by atoms with Crippen molar-refractivity contribution in [2.45, 2.75) is 20.3 Å². The van der Waals surface area contributed by atoms with Crippen molar-refractivity contribution in [2.24, 2.45) is 5.92 Å². The van der Waals surface area contributed by atoms with Crippen LogP contribution in [0.15, 0.2) is 0 Å². The van der Waals surface area contributed by atoms with Gasteiger partial charge in [-0.1, -0.05) is 6.92 Å². The summed E-state index contributed by atoms with van der Waals surface area (Å²) in [5.74, 6) is -0.834. The maximum Gasteiger partial charge on any atom is 0.416 e. The van der Waals surface area contributed by atoms with Crippen molar-refractivity contribution >= 4 is 17.8 Å². The molecule has 0 aliphatic carbocycles. The minimum Gasteiger partial charge on any atom is -0.447 e. The number of imide groups is 1. The van der Waals surface area contributed by atoms with E-state index in [9.17, 15) is 14.4 Å². The smallest absolute Gasteiger partial charge is 0.416 e. The van der Waals surface area contributed by atoms with E-state index in [1.165, 1.54) is 6.92 Å². The van der Waals surface area contributed by atoms with E-state index in [0.717, 1.165) is 4.90 Å². The lowest BCUT2D eigenvalue weighted by Gasteiger charge is -2.15. The summed E-state index contributed by atoms with van der Waals surface area (Å²) in [6, 6.07) is 0. The molecule has 0 spiro atoms. The zero-order chi connectivity index (χ0) is 10.7. The predicted molar refractivity (Wildman–Crippen MR) is 47.5 cm³/mol. The molecule has 5 heteroatoms. The molecule has 1 fully saturated rings. The van der Waals surface area contributed by atoms with Gasteiger partial charge in [-0.05, 0) is 6.92 Å². The summed E-state index contributed by atoms with van der Waals surface area (Å²) in [4.78, 5) is 34.4. The van der Waals surface area contributed by atoms with Crippen LogP contribution in [0.3, 0.4) is 0 Å². The SMILES string of the molecule is CC(=O)CC(C)C(=O)N1CCOC1=O. The van der Waals surface area contributed by atoms with Crippen molar-refractivity contribution in [1.29, 1.82) is 0 Å². The van der Waals surface area contributed by atoms with E-state index in [1.807, 2.05) is 0 Å². The van der Waals surface area contributed by atoms with Crippen LogP contribution in [0.1, 0.15) is 20.3 Å². The second kappa shape index (κ2) is 4.21. The number of hydrogen-bond acceptors (Lipinski definition) is 4.